The summed E-state index contributed by atoms with van der Waals surface area (Å²) in [5, 5.41) is 0. The molecule has 0 aliphatic rings. The first-order chi connectivity index (χ1) is 6.11. The summed E-state index contributed by atoms with van der Waals surface area (Å²) in [5.74, 6) is -1.66. The predicted molar refractivity (Wildman–Crippen MR) is 36.2 cm³/mol. The molecule has 0 saturated heterocycles. The van der Waals surface area contributed by atoms with E-state index >= 15 is 0 Å². The lowest BCUT2D eigenvalue weighted by Crippen LogP contribution is -2.04. The second kappa shape index (κ2) is 3.88. The molecule has 0 unspecified atom stereocenters. The van der Waals surface area contributed by atoms with Crippen molar-refractivity contribution in [2.45, 2.75) is 6.61 Å². The van der Waals surface area contributed by atoms with Crippen LogP contribution in [0.2, 0.25) is 0 Å². The molecule has 3 nitrogen and oxygen atoms in total. The van der Waals surface area contributed by atoms with E-state index in [0.29, 0.717) is 6.29 Å². The second-order valence-electron chi connectivity index (χ2n) is 2.06. The van der Waals surface area contributed by atoms with Crippen molar-refractivity contribution in [1.29, 1.82) is 0 Å². The fourth-order valence-corrected chi connectivity index (χ4v) is 0.711. The fourth-order valence-electron chi connectivity index (χ4n) is 0.711. The van der Waals surface area contributed by atoms with Gasteiger partial charge in [-0.2, -0.15) is 18.2 Å². The van der Waals surface area contributed by atoms with Crippen molar-refractivity contribution in [1.82, 2.24) is 4.98 Å². The van der Waals surface area contributed by atoms with E-state index in [1.165, 1.54) is 0 Å². The highest BCUT2D eigenvalue weighted by Crippen LogP contribution is 2.12. The Morgan fingerprint density at radius 1 is 1.46 bits per heavy atom. The van der Waals surface area contributed by atoms with Gasteiger partial charge in [0.25, 0.3) is 0 Å². The number of rotatable bonds is 3. The Balaban J connectivity index is 2.94. The molecule has 1 aromatic heterocycles. The molecule has 0 saturated carbocycles. The van der Waals surface area contributed by atoms with Gasteiger partial charge in [0, 0.05) is 17.7 Å². The highest BCUT2D eigenvalue weighted by molar-refractivity contribution is 5.74. The van der Waals surface area contributed by atoms with Gasteiger partial charge >= 0.3 is 6.61 Å². The molecule has 1 rings (SSSR count). The predicted octanol–water partition coefficient (Wildman–Crippen LogP) is 1.63. The zero-order valence-electron chi connectivity index (χ0n) is 6.21. The summed E-state index contributed by atoms with van der Waals surface area (Å²) >= 11 is 0. The zero-order valence-corrected chi connectivity index (χ0v) is 6.21. The number of ether oxygens (including phenoxy) is 1. The molecule has 0 spiro atoms. The molecule has 70 valence electrons. The van der Waals surface area contributed by atoms with Crippen LogP contribution in [-0.4, -0.2) is 17.9 Å². The van der Waals surface area contributed by atoms with Crippen molar-refractivity contribution in [2.24, 2.45) is 0 Å². The van der Waals surface area contributed by atoms with Crippen LogP contribution in [0.25, 0.3) is 0 Å². The van der Waals surface area contributed by atoms with Gasteiger partial charge < -0.3 is 4.74 Å². The average molecular weight is 191 g/mol. The Hall–Kier alpha value is -1.59. The van der Waals surface area contributed by atoms with Crippen molar-refractivity contribution in [3.05, 3.63) is 23.6 Å². The summed E-state index contributed by atoms with van der Waals surface area (Å²) in [6.07, 6.45) is 0.309. The van der Waals surface area contributed by atoms with E-state index < -0.39 is 18.4 Å². The monoisotopic (exact) mass is 191 g/mol. The Bertz CT molecular complexity index is 317. The summed E-state index contributed by atoms with van der Waals surface area (Å²) in [5.41, 5.74) is -0.108. The van der Waals surface area contributed by atoms with Gasteiger partial charge in [-0.05, 0) is 0 Å². The lowest BCUT2D eigenvalue weighted by molar-refractivity contribution is -0.0532. The number of carbonyl (C=O) groups is 1. The Labute approximate surface area is 71.2 Å². The van der Waals surface area contributed by atoms with Crippen LogP contribution in [0.1, 0.15) is 10.4 Å². The number of nitrogens with zero attached hydrogens (tertiary/aromatic N) is 1. The number of aldehydes is 1. The van der Waals surface area contributed by atoms with Gasteiger partial charge in [0.15, 0.2) is 0 Å². The van der Waals surface area contributed by atoms with Gasteiger partial charge in [-0.15, -0.1) is 0 Å². The first kappa shape index (κ1) is 9.50. The number of hydrogen-bond donors (Lipinski definition) is 0. The van der Waals surface area contributed by atoms with E-state index in [1.807, 2.05) is 0 Å². The second-order valence-corrected chi connectivity index (χ2v) is 2.06. The highest BCUT2D eigenvalue weighted by Gasteiger charge is 2.08. The molecule has 0 atom stereocenters. The van der Waals surface area contributed by atoms with Crippen LogP contribution in [0.3, 0.4) is 0 Å². The molecule has 13 heavy (non-hydrogen) atoms. The van der Waals surface area contributed by atoms with E-state index in [1.54, 1.807) is 0 Å². The van der Waals surface area contributed by atoms with Crippen LogP contribution in [0.15, 0.2) is 12.1 Å². The maximum absolute atomic E-state index is 12.5. The topological polar surface area (TPSA) is 39.2 Å². The third-order valence-electron chi connectivity index (χ3n) is 1.14. The van der Waals surface area contributed by atoms with Crippen molar-refractivity contribution in [3.8, 4) is 5.88 Å². The van der Waals surface area contributed by atoms with E-state index in [-0.39, 0.29) is 5.56 Å². The molecule has 0 aromatic carbocycles. The van der Waals surface area contributed by atoms with Crippen LogP contribution < -0.4 is 4.74 Å². The molecule has 1 heterocycles. The summed E-state index contributed by atoms with van der Waals surface area (Å²) in [7, 11) is 0. The molecule has 0 amide bonds. The normalized spacial score (nSPS) is 10.2. The van der Waals surface area contributed by atoms with Crippen LogP contribution in [0.5, 0.6) is 5.88 Å². The molecule has 0 bridgehead atoms. The minimum absolute atomic E-state index is 0.108. The molecule has 0 aliphatic heterocycles. The Morgan fingerprint density at radius 3 is 2.69 bits per heavy atom. The molecule has 1 aromatic rings. The number of carbonyl (C=O) groups excluding carboxylic acids is 1. The first-order valence-electron chi connectivity index (χ1n) is 3.19. The van der Waals surface area contributed by atoms with E-state index in [0.717, 1.165) is 12.1 Å². The largest absolute Gasteiger partial charge is 0.417 e. The average Bonchev–Trinajstić information content (AvgIpc) is 2.01. The standard InChI is InChI=1S/C7H4F3NO2/c8-5-1-4(3-12)2-6(11-5)13-7(9)10/h1-3,7H. The molecule has 0 N–H and O–H groups in total. The molecular formula is C7H4F3NO2. The zero-order chi connectivity index (χ0) is 9.84. The number of alkyl halides is 2. The summed E-state index contributed by atoms with van der Waals surface area (Å²) < 4.78 is 39.5. The van der Waals surface area contributed by atoms with Crippen molar-refractivity contribution < 1.29 is 22.7 Å². The van der Waals surface area contributed by atoms with Crippen LogP contribution >= 0.6 is 0 Å². The molecule has 6 heteroatoms. The van der Waals surface area contributed by atoms with Crippen LogP contribution in [0.4, 0.5) is 13.2 Å². The molecule has 0 fully saturated rings. The van der Waals surface area contributed by atoms with Crippen molar-refractivity contribution >= 4 is 6.29 Å². The minimum Gasteiger partial charge on any atom is -0.417 e. The fraction of sp³-hybridized carbons (Fsp3) is 0.143. The van der Waals surface area contributed by atoms with E-state index in [2.05, 4.69) is 9.72 Å². The highest BCUT2D eigenvalue weighted by atomic mass is 19.3. The van der Waals surface area contributed by atoms with Crippen LogP contribution in [-0.2, 0) is 0 Å². The lowest BCUT2D eigenvalue weighted by Gasteiger charge is -2.02. The smallest absolute Gasteiger partial charge is 0.388 e. The Kier molecular flexibility index (Phi) is 2.84. The van der Waals surface area contributed by atoms with E-state index in [4.69, 9.17) is 0 Å². The SMILES string of the molecule is O=Cc1cc(F)nc(OC(F)F)c1. The quantitative estimate of drug-likeness (QED) is 0.538. The maximum Gasteiger partial charge on any atom is 0.388 e. The first-order valence-corrected chi connectivity index (χ1v) is 3.19. The molecule has 0 radical (unpaired) electrons. The minimum atomic E-state index is -3.09. The molecular weight excluding hydrogens is 187 g/mol. The van der Waals surface area contributed by atoms with E-state index in [9.17, 15) is 18.0 Å². The molecule has 0 aliphatic carbocycles. The van der Waals surface area contributed by atoms with Gasteiger partial charge in [-0.25, -0.2) is 0 Å². The summed E-state index contributed by atoms with van der Waals surface area (Å²) in [6, 6.07) is 1.73. The number of pyridine rings is 1. The Morgan fingerprint density at radius 2 is 2.15 bits per heavy atom. The number of aromatic nitrogens is 1. The van der Waals surface area contributed by atoms with Gasteiger partial charge in [-0.3, -0.25) is 4.79 Å². The third kappa shape index (κ3) is 2.73. The van der Waals surface area contributed by atoms with Crippen molar-refractivity contribution in [3.63, 3.8) is 0 Å². The maximum atomic E-state index is 12.5. The number of halogens is 3. The van der Waals surface area contributed by atoms with Gasteiger partial charge in [0.05, 0.1) is 0 Å². The van der Waals surface area contributed by atoms with Crippen LogP contribution in [0, 0.1) is 5.95 Å². The van der Waals surface area contributed by atoms with Crippen molar-refractivity contribution in [2.75, 3.05) is 0 Å². The third-order valence-corrected chi connectivity index (χ3v) is 1.14. The number of hydrogen-bond acceptors (Lipinski definition) is 3. The van der Waals surface area contributed by atoms with Gasteiger partial charge in [0.1, 0.15) is 6.29 Å². The lowest BCUT2D eigenvalue weighted by atomic mass is 10.3. The van der Waals surface area contributed by atoms with Gasteiger partial charge in [0.2, 0.25) is 11.8 Å². The summed E-state index contributed by atoms with van der Waals surface area (Å²) in [6.45, 7) is -3.09. The van der Waals surface area contributed by atoms with Gasteiger partial charge in [-0.1, -0.05) is 0 Å². The summed E-state index contributed by atoms with van der Waals surface area (Å²) in [4.78, 5) is 13.2.